The fourth-order valence-corrected chi connectivity index (χ4v) is 4.56. The van der Waals surface area contributed by atoms with Crippen molar-refractivity contribution < 1.29 is 9.32 Å². The van der Waals surface area contributed by atoms with Crippen LogP contribution in [0.3, 0.4) is 0 Å². The SMILES string of the molecule is CN(Cc1csc(-c2cccs2)n1)C(=O)c1onc2c1CCCC2. The zero-order valence-corrected chi connectivity index (χ0v) is 15.0. The topological polar surface area (TPSA) is 59.2 Å². The molecule has 0 radical (unpaired) electrons. The maximum absolute atomic E-state index is 12.7. The number of carbonyl (C=O) groups is 1. The highest BCUT2D eigenvalue weighted by molar-refractivity contribution is 7.20. The van der Waals surface area contributed by atoms with Crippen LogP contribution in [-0.4, -0.2) is 28.0 Å². The van der Waals surface area contributed by atoms with Crippen molar-refractivity contribution in [3.8, 4) is 9.88 Å². The van der Waals surface area contributed by atoms with Crippen molar-refractivity contribution in [1.82, 2.24) is 15.0 Å². The van der Waals surface area contributed by atoms with E-state index in [9.17, 15) is 4.79 Å². The number of carbonyl (C=O) groups excluding carboxylic acids is 1. The van der Waals surface area contributed by atoms with Crippen molar-refractivity contribution in [1.29, 1.82) is 0 Å². The van der Waals surface area contributed by atoms with E-state index < -0.39 is 0 Å². The van der Waals surface area contributed by atoms with Gasteiger partial charge in [-0.25, -0.2) is 4.98 Å². The smallest absolute Gasteiger partial charge is 0.292 e. The molecule has 0 atom stereocenters. The monoisotopic (exact) mass is 359 g/mol. The maximum Gasteiger partial charge on any atom is 0.292 e. The largest absolute Gasteiger partial charge is 0.350 e. The standard InChI is InChI=1S/C17H17N3O2S2/c1-20(9-11-10-24-16(18-11)14-7-4-8-23-14)17(21)15-12-5-2-3-6-13(12)19-22-15/h4,7-8,10H,2-3,5-6,9H2,1H3. The summed E-state index contributed by atoms with van der Waals surface area (Å²) in [6.45, 7) is 0.468. The number of aromatic nitrogens is 2. The number of amides is 1. The molecule has 0 aromatic carbocycles. The number of thiophene rings is 1. The molecular formula is C17H17N3O2S2. The average Bonchev–Trinajstić information content (AvgIpc) is 3.33. The molecule has 0 unspecified atom stereocenters. The van der Waals surface area contributed by atoms with Gasteiger partial charge < -0.3 is 9.42 Å². The van der Waals surface area contributed by atoms with Gasteiger partial charge in [0.05, 0.1) is 22.8 Å². The van der Waals surface area contributed by atoms with Gasteiger partial charge in [0, 0.05) is 18.0 Å². The highest BCUT2D eigenvalue weighted by atomic mass is 32.1. The Labute approximate surface area is 147 Å². The predicted molar refractivity (Wildman–Crippen MR) is 94.4 cm³/mol. The molecule has 0 aliphatic heterocycles. The van der Waals surface area contributed by atoms with Crippen molar-refractivity contribution in [2.24, 2.45) is 0 Å². The van der Waals surface area contributed by atoms with Crippen molar-refractivity contribution in [2.75, 3.05) is 7.05 Å². The number of hydrogen-bond acceptors (Lipinski definition) is 6. The van der Waals surface area contributed by atoms with Crippen LogP contribution < -0.4 is 0 Å². The van der Waals surface area contributed by atoms with Gasteiger partial charge in [-0.05, 0) is 37.1 Å². The first-order valence-corrected chi connectivity index (χ1v) is 9.69. The van der Waals surface area contributed by atoms with Gasteiger partial charge in [-0.2, -0.15) is 0 Å². The zero-order chi connectivity index (χ0) is 16.5. The second-order valence-corrected chi connectivity index (χ2v) is 7.73. The molecule has 4 rings (SSSR count). The maximum atomic E-state index is 12.7. The Morgan fingerprint density at radius 1 is 1.33 bits per heavy atom. The summed E-state index contributed by atoms with van der Waals surface area (Å²) >= 11 is 3.28. The molecule has 3 heterocycles. The van der Waals surface area contributed by atoms with Crippen LogP contribution in [0.1, 0.15) is 40.3 Å². The molecule has 0 saturated heterocycles. The van der Waals surface area contributed by atoms with Gasteiger partial charge in [0.25, 0.3) is 5.91 Å². The van der Waals surface area contributed by atoms with Crippen LogP contribution in [0.2, 0.25) is 0 Å². The summed E-state index contributed by atoms with van der Waals surface area (Å²) in [5.41, 5.74) is 2.84. The molecule has 0 saturated carbocycles. The summed E-state index contributed by atoms with van der Waals surface area (Å²) in [5, 5.41) is 9.12. The zero-order valence-electron chi connectivity index (χ0n) is 13.3. The number of aryl methyl sites for hydroxylation is 1. The lowest BCUT2D eigenvalue weighted by molar-refractivity contribution is 0.0740. The molecule has 0 fully saturated rings. The van der Waals surface area contributed by atoms with E-state index >= 15 is 0 Å². The first-order valence-electron chi connectivity index (χ1n) is 7.93. The average molecular weight is 359 g/mol. The Hall–Kier alpha value is -1.99. The van der Waals surface area contributed by atoms with E-state index in [0.29, 0.717) is 12.3 Å². The first kappa shape index (κ1) is 15.5. The quantitative estimate of drug-likeness (QED) is 0.706. The first-order chi connectivity index (χ1) is 11.7. The highest BCUT2D eigenvalue weighted by Gasteiger charge is 2.26. The minimum absolute atomic E-state index is 0.115. The number of nitrogens with zero attached hydrogens (tertiary/aromatic N) is 3. The fraction of sp³-hybridized carbons (Fsp3) is 0.353. The molecule has 0 spiro atoms. The molecule has 3 aromatic heterocycles. The van der Waals surface area contributed by atoms with Crippen molar-refractivity contribution in [2.45, 2.75) is 32.2 Å². The van der Waals surface area contributed by atoms with Crippen LogP contribution in [0.5, 0.6) is 0 Å². The van der Waals surface area contributed by atoms with Crippen molar-refractivity contribution >= 4 is 28.6 Å². The second kappa shape index (κ2) is 6.49. The molecule has 124 valence electrons. The summed E-state index contributed by atoms with van der Waals surface area (Å²) in [6, 6.07) is 4.08. The lowest BCUT2D eigenvalue weighted by Crippen LogP contribution is -2.27. The summed E-state index contributed by atoms with van der Waals surface area (Å²) in [5.74, 6) is 0.289. The minimum atomic E-state index is -0.115. The van der Waals surface area contributed by atoms with Crippen molar-refractivity contribution in [3.05, 3.63) is 45.6 Å². The summed E-state index contributed by atoms with van der Waals surface area (Å²) in [7, 11) is 1.78. The number of rotatable bonds is 4. The molecule has 0 N–H and O–H groups in total. The Kier molecular flexibility index (Phi) is 4.20. The molecule has 1 aliphatic carbocycles. The minimum Gasteiger partial charge on any atom is -0.350 e. The Morgan fingerprint density at radius 3 is 3.04 bits per heavy atom. The predicted octanol–water partition coefficient (Wildman–Crippen LogP) is 4.01. The summed E-state index contributed by atoms with van der Waals surface area (Å²) in [4.78, 5) is 20.1. The lowest BCUT2D eigenvalue weighted by atomic mass is 9.96. The molecule has 1 amide bonds. The van der Waals surface area contributed by atoms with Gasteiger partial charge in [0.15, 0.2) is 0 Å². The highest BCUT2D eigenvalue weighted by Crippen LogP contribution is 2.29. The molecule has 5 nitrogen and oxygen atoms in total. The molecule has 7 heteroatoms. The van der Waals surface area contributed by atoms with Crippen LogP contribution in [0.4, 0.5) is 0 Å². The van der Waals surface area contributed by atoms with E-state index in [1.807, 2.05) is 16.8 Å². The summed E-state index contributed by atoms with van der Waals surface area (Å²) in [6.07, 6.45) is 4.00. The number of thiazole rings is 1. The van der Waals surface area contributed by atoms with E-state index in [-0.39, 0.29) is 5.91 Å². The third-order valence-corrected chi connectivity index (χ3v) is 6.11. The van der Waals surface area contributed by atoms with Gasteiger partial charge in [0.1, 0.15) is 5.01 Å². The molecule has 24 heavy (non-hydrogen) atoms. The van der Waals surface area contributed by atoms with Gasteiger partial charge in [0.2, 0.25) is 5.76 Å². The second-order valence-electron chi connectivity index (χ2n) is 5.93. The molecule has 3 aromatic rings. The third kappa shape index (κ3) is 2.89. The van der Waals surface area contributed by atoms with Gasteiger partial charge in [-0.1, -0.05) is 11.2 Å². The number of hydrogen-bond donors (Lipinski definition) is 0. The van der Waals surface area contributed by atoms with Crippen LogP contribution in [0.25, 0.3) is 9.88 Å². The Bertz CT molecular complexity index is 851. The van der Waals surface area contributed by atoms with Crippen molar-refractivity contribution in [3.63, 3.8) is 0 Å². The van der Waals surface area contributed by atoms with E-state index in [1.165, 1.54) is 0 Å². The van der Waals surface area contributed by atoms with E-state index in [0.717, 1.165) is 52.5 Å². The van der Waals surface area contributed by atoms with Crippen LogP contribution in [-0.2, 0) is 19.4 Å². The Balaban J connectivity index is 1.49. The Morgan fingerprint density at radius 2 is 2.21 bits per heavy atom. The molecular weight excluding hydrogens is 342 g/mol. The van der Waals surface area contributed by atoms with Gasteiger partial charge >= 0.3 is 0 Å². The van der Waals surface area contributed by atoms with Crippen LogP contribution in [0.15, 0.2) is 27.4 Å². The van der Waals surface area contributed by atoms with E-state index in [4.69, 9.17) is 4.52 Å². The lowest BCUT2D eigenvalue weighted by Gasteiger charge is -2.15. The van der Waals surface area contributed by atoms with Gasteiger partial charge in [-0.3, -0.25) is 4.79 Å². The van der Waals surface area contributed by atoms with Gasteiger partial charge in [-0.15, -0.1) is 22.7 Å². The fourth-order valence-electron chi connectivity index (χ4n) is 2.94. The molecule has 1 aliphatic rings. The van der Waals surface area contributed by atoms with E-state index in [1.54, 1.807) is 34.6 Å². The summed E-state index contributed by atoms with van der Waals surface area (Å²) < 4.78 is 5.34. The third-order valence-electron chi connectivity index (χ3n) is 4.18. The molecule has 0 bridgehead atoms. The van der Waals surface area contributed by atoms with Crippen LogP contribution >= 0.6 is 22.7 Å². The normalized spacial score (nSPS) is 13.7. The number of fused-ring (bicyclic) bond motifs is 1. The van der Waals surface area contributed by atoms with Crippen LogP contribution in [0, 0.1) is 0 Å². The van der Waals surface area contributed by atoms with E-state index in [2.05, 4.69) is 16.2 Å².